The van der Waals surface area contributed by atoms with Gasteiger partial charge in [0.15, 0.2) is 0 Å². The standard InChI is InChI=1S/C15H25BrN2O2S/c1-5-9-18(12(3)4)21(19,20)15-10-13(11-17-6-2)7-8-14(15)16/h7-8,10,12,17H,5-6,9,11H2,1-4H3. The highest BCUT2D eigenvalue weighted by atomic mass is 79.9. The molecule has 21 heavy (non-hydrogen) atoms. The Kier molecular flexibility index (Phi) is 7.33. The fraction of sp³-hybridized carbons (Fsp3) is 0.600. The quantitative estimate of drug-likeness (QED) is 0.756. The number of rotatable bonds is 8. The third-order valence-corrected chi connectivity index (χ3v) is 6.25. The lowest BCUT2D eigenvalue weighted by Gasteiger charge is -2.26. The average Bonchev–Trinajstić information content (AvgIpc) is 2.43. The molecular formula is C15H25BrN2O2S. The van der Waals surface area contributed by atoms with Gasteiger partial charge in [0.25, 0.3) is 0 Å². The van der Waals surface area contributed by atoms with Crippen molar-refractivity contribution < 1.29 is 8.42 Å². The minimum Gasteiger partial charge on any atom is -0.313 e. The Morgan fingerprint density at radius 2 is 1.95 bits per heavy atom. The van der Waals surface area contributed by atoms with Crippen molar-refractivity contribution in [3.8, 4) is 0 Å². The smallest absolute Gasteiger partial charge is 0.244 e. The third kappa shape index (κ3) is 4.77. The monoisotopic (exact) mass is 376 g/mol. The largest absolute Gasteiger partial charge is 0.313 e. The zero-order valence-electron chi connectivity index (χ0n) is 13.2. The first-order valence-corrected chi connectivity index (χ1v) is 9.58. The molecule has 0 bridgehead atoms. The Morgan fingerprint density at radius 3 is 2.48 bits per heavy atom. The lowest BCUT2D eigenvalue weighted by atomic mass is 10.2. The van der Waals surface area contributed by atoms with E-state index in [9.17, 15) is 8.42 Å². The number of nitrogens with one attached hydrogen (secondary N) is 1. The van der Waals surface area contributed by atoms with E-state index in [1.165, 1.54) is 0 Å². The molecule has 4 nitrogen and oxygen atoms in total. The molecule has 0 radical (unpaired) electrons. The van der Waals surface area contributed by atoms with Crippen LogP contribution in [-0.4, -0.2) is 31.9 Å². The maximum Gasteiger partial charge on any atom is 0.244 e. The van der Waals surface area contributed by atoms with Crippen molar-refractivity contribution in [3.05, 3.63) is 28.2 Å². The van der Waals surface area contributed by atoms with E-state index in [1.54, 1.807) is 10.4 Å². The molecular weight excluding hydrogens is 352 g/mol. The van der Waals surface area contributed by atoms with Crippen LogP contribution >= 0.6 is 15.9 Å². The maximum atomic E-state index is 12.9. The fourth-order valence-electron chi connectivity index (χ4n) is 2.13. The average molecular weight is 377 g/mol. The second kappa shape index (κ2) is 8.27. The SMILES string of the molecule is CCCN(C(C)C)S(=O)(=O)c1cc(CNCC)ccc1Br. The summed E-state index contributed by atoms with van der Waals surface area (Å²) in [5.74, 6) is 0. The second-order valence-electron chi connectivity index (χ2n) is 5.25. The zero-order valence-corrected chi connectivity index (χ0v) is 15.6. The minimum absolute atomic E-state index is 0.0562. The van der Waals surface area contributed by atoms with Crippen LogP contribution in [0.1, 0.15) is 39.7 Å². The van der Waals surface area contributed by atoms with Crippen LogP contribution in [0.15, 0.2) is 27.6 Å². The van der Waals surface area contributed by atoms with Gasteiger partial charge in [0.1, 0.15) is 0 Å². The van der Waals surface area contributed by atoms with Crippen molar-refractivity contribution in [2.75, 3.05) is 13.1 Å². The van der Waals surface area contributed by atoms with Crippen LogP contribution in [0, 0.1) is 0 Å². The molecule has 0 fully saturated rings. The van der Waals surface area contributed by atoms with Crippen LogP contribution < -0.4 is 5.32 Å². The van der Waals surface area contributed by atoms with Crippen LogP contribution in [0.25, 0.3) is 0 Å². The van der Waals surface area contributed by atoms with Gasteiger partial charge in [-0.2, -0.15) is 4.31 Å². The van der Waals surface area contributed by atoms with E-state index in [1.807, 2.05) is 39.8 Å². The molecule has 0 aliphatic rings. The lowest BCUT2D eigenvalue weighted by molar-refractivity contribution is 0.354. The van der Waals surface area contributed by atoms with Gasteiger partial charge in [0.2, 0.25) is 10.0 Å². The second-order valence-corrected chi connectivity index (χ2v) is 7.97. The van der Waals surface area contributed by atoms with Gasteiger partial charge in [-0.1, -0.05) is 19.9 Å². The summed E-state index contributed by atoms with van der Waals surface area (Å²) in [5, 5.41) is 3.22. The third-order valence-electron chi connectivity index (χ3n) is 3.18. The molecule has 0 heterocycles. The van der Waals surface area contributed by atoms with E-state index < -0.39 is 10.0 Å². The summed E-state index contributed by atoms with van der Waals surface area (Å²) in [7, 11) is -3.48. The topological polar surface area (TPSA) is 49.4 Å². The van der Waals surface area contributed by atoms with Crippen molar-refractivity contribution in [2.24, 2.45) is 0 Å². The predicted octanol–water partition coefficient (Wildman–Crippen LogP) is 3.37. The van der Waals surface area contributed by atoms with Crippen LogP contribution in [0.3, 0.4) is 0 Å². The van der Waals surface area contributed by atoms with Crippen LogP contribution in [0.2, 0.25) is 0 Å². The molecule has 0 atom stereocenters. The van der Waals surface area contributed by atoms with Gasteiger partial charge in [0.05, 0.1) is 4.90 Å². The molecule has 120 valence electrons. The molecule has 6 heteroatoms. The molecule has 0 aliphatic carbocycles. The van der Waals surface area contributed by atoms with Gasteiger partial charge in [-0.15, -0.1) is 0 Å². The Labute approximate surface area is 137 Å². The highest BCUT2D eigenvalue weighted by Crippen LogP contribution is 2.27. The molecule has 0 saturated heterocycles. The summed E-state index contributed by atoms with van der Waals surface area (Å²) in [6, 6.07) is 5.45. The van der Waals surface area contributed by atoms with Crippen molar-refractivity contribution >= 4 is 26.0 Å². The number of hydrogen-bond acceptors (Lipinski definition) is 3. The molecule has 0 spiro atoms. The molecule has 1 rings (SSSR count). The molecule has 1 aromatic rings. The summed E-state index contributed by atoms with van der Waals surface area (Å²) >= 11 is 3.38. The van der Waals surface area contributed by atoms with Crippen molar-refractivity contribution in [1.29, 1.82) is 0 Å². The molecule has 0 aliphatic heterocycles. The summed E-state index contributed by atoms with van der Waals surface area (Å²) in [6.07, 6.45) is 0.798. The zero-order chi connectivity index (χ0) is 16.0. The van der Waals surface area contributed by atoms with E-state index in [-0.39, 0.29) is 6.04 Å². The number of sulfonamides is 1. The molecule has 0 saturated carbocycles. The Hall–Kier alpha value is -0.430. The van der Waals surface area contributed by atoms with Gasteiger partial charge in [-0.3, -0.25) is 0 Å². The van der Waals surface area contributed by atoms with Gasteiger partial charge in [0, 0.05) is 23.6 Å². The Balaban J connectivity index is 3.22. The van der Waals surface area contributed by atoms with E-state index in [0.29, 0.717) is 22.5 Å². The first-order valence-electron chi connectivity index (χ1n) is 7.35. The predicted molar refractivity (Wildman–Crippen MR) is 90.8 cm³/mol. The Morgan fingerprint density at radius 1 is 1.29 bits per heavy atom. The number of halogens is 1. The van der Waals surface area contributed by atoms with Gasteiger partial charge in [-0.25, -0.2) is 8.42 Å². The normalized spacial score (nSPS) is 12.3. The summed E-state index contributed by atoms with van der Waals surface area (Å²) in [5.41, 5.74) is 0.971. The number of hydrogen-bond donors (Lipinski definition) is 1. The molecule has 0 unspecified atom stereocenters. The molecule has 1 aromatic carbocycles. The van der Waals surface area contributed by atoms with E-state index in [2.05, 4.69) is 21.2 Å². The van der Waals surface area contributed by atoms with Crippen molar-refractivity contribution in [1.82, 2.24) is 9.62 Å². The summed E-state index contributed by atoms with van der Waals surface area (Å²) < 4.78 is 27.9. The van der Waals surface area contributed by atoms with Crippen LogP contribution in [0.4, 0.5) is 0 Å². The van der Waals surface area contributed by atoms with Gasteiger partial charge in [-0.05, 0) is 60.4 Å². The molecule has 0 amide bonds. The first kappa shape index (κ1) is 18.6. The van der Waals surface area contributed by atoms with Gasteiger partial charge >= 0.3 is 0 Å². The Bertz CT molecular complexity index is 559. The van der Waals surface area contributed by atoms with E-state index in [4.69, 9.17) is 0 Å². The van der Waals surface area contributed by atoms with E-state index in [0.717, 1.165) is 18.5 Å². The van der Waals surface area contributed by atoms with Crippen LogP contribution in [0.5, 0.6) is 0 Å². The minimum atomic E-state index is -3.48. The lowest BCUT2D eigenvalue weighted by Crippen LogP contribution is -2.37. The van der Waals surface area contributed by atoms with Crippen molar-refractivity contribution in [2.45, 2.75) is 51.6 Å². The first-order chi connectivity index (χ1) is 9.84. The van der Waals surface area contributed by atoms with E-state index >= 15 is 0 Å². The fourth-order valence-corrected chi connectivity index (χ4v) is 4.83. The number of nitrogens with zero attached hydrogens (tertiary/aromatic N) is 1. The summed E-state index contributed by atoms with van der Waals surface area (Å²) in [4.78, 5) is 0.347. The van der Waals surface area contributed by atoms with Gasteiger partial charge < -0.3 is 5.32 Å². The molecule has 0 aromatic heterocycles. The maximum absolute atomic E-state index is 12.9. The highest BCUT2D eigenvalue weighted by molar-refractivity contribution is 9.10. The molecule has 1 N–H and O–H groups in total. The summed E-state index contributed by atoms with van der Waals surface area (Å²) in [6.45, 7) is 9.88. The van der Waals surface area contributed by atoms with Crippen molar-refractivity contribution in [3.63, 3.8) is 0 Å². The highest BCUT2D eigenvalue weighted by Gasteiger charge is 2.28. The van der Waals surface area contributed by atoms with Crippen LogP contribution in [-0.2, 0) is 16.6 Å². The number of benzene rings is 1.